The van der Waals surface area contributed by atoms with Gasteiger partial charge in [0.15, 0.2) is 0 Å². The highest BCUT2D eigenvalue weighted by atomic mass is 14.7. The Labute approximate surface area is 196 Å². The minimum atomic E-state index is -0.220. The largest absolute Gasteiger partial charge is 0.321 e. The summed E-state index contributed by atoms with van der Waals surface area (Å²) in [6, 6.07) is 25.8. The highest BCUT2D eigenvalue weighted by Crippen LogP contribution is 2.48. The third-order valence-electron chi connectivity index (χ3n) is 8.63. The van der Waals surface area contributed by atoms with Gasteiger partial charge in [0, 0.05) is 5.54 Å². The molecule has 0 amide bonds. The maximum Gasteiger partial charge on any atom is 0.0404 e. The Kier molecular flexibility index (Phi) is 3.91. The van der Waals surface area contributed by atoms with E-state index in [-0.39, 0.29) is 5.54 Å². The summed E-state index contributed by atoms with van der Waals surface area (Å²) in [5.41, 5.74) is 25.2. The smallest absolute Gasteiger partial charge is 0.0404 e. The van der Waals surface area contributed by atoms with E-state index in [1.807, 2.05) is 0 Å². The van der Waals surface area contributed by atoms with Crippen molar-refractivity contribution >= 4 is 0 Å². The molecule has 33 heavy (non-hydrogen) atoms. The van der Waals surface area contributed by atoms with Crippen LogP contribution in [0.5, 0.6) is 0 Å². The van der Waals surface area contributed by atoms with E-state index in [0.717, 1.165) is 32.1 Å². The first-order valence-corrected chi connectivity index (χ1v) is 12.4. The molecule has 3 aliphatic rings. The predicted molar refractivity (Wildman–Crippen MR) is 138 cm³/mol. The molecule has 4 aromatic carbocycles. The van der Waals surface area contributed by atoms with E-state index >= 15 is 0 Å². The summed E-state index contributed by atoms with van der Waals surface area (Å²) in [6.45, 7) is 4.39. The van der Waals surface area contributed by atoms with Gasteiger partial charge in [-0.1, -0.05) is 56.3 Å². The lowest BCUT2D eigenvalue weighted by Gasteiger charge is -2.28. The second kappa shape index (κ2) is 6.68. The fourth-order valence-electron chi connectivity index (χ4n) is 6.49. The number of benzene rings is 4. The number of hydrogen-bond acceptors (Lipinski definition) is 1. The van der Waals surface area contributed by atoms with E-state index < -0.39 is 0 Å². The van der Waals surface area contributed by atoms with Crippen LogP contribution in [0.2, 0.25) is 0 Å². The van der Waals surface area contributed by atoms with Gasteiger partial charge in [-0.2, -0.15) is 0 Å². The van der Waals surface area contributed by atoms with Crippen molar-refractivity contribution in [2.24, 2.45) is 5.73 Å². The third-order valence-corrected chi connectivity index (χ3v) is 8.63. The molecule has 0 spiro atoms. The Bertz CT molecular complexity index is 1470. The average Bonchev–Trinajstić information content (AvgIpc) is 3.50. The maximum absolute atomic E-state index is 6.73. The van der Waals surface area contributed by atoms with Crippen LogP contribution in [0.25, 0.3) is 33.4 Å². The van der Waals surface area contributed by atoms with E-state index in [1.54, 1.807) is 0 Å². The molecule has 162 valence electrons. The first-order chi connectivity index (χ1) is 16.1. The standard InChI is InChI=1S/C32H29N/c1-3-32(33,4-2)25-9-10-27-20(14-25)12-22-18-31-24(16-29(22)27)13-23-15-28-21(17-30(23)31)11-19-7-5-6-8-26(19)28/h5-10,14-18H,3-4,11-13,33H2,1-2H3. The highest BCUT2D eigenvalue weighted by Gasteiger charge is 2.30. The lowest BCUT2D eigenvalue weighted by Crippen LogP contribution is -2.35. The molecule has 0 radical (unpaired) electrons. The Morgan fingerprint density at radius 3 is 1.58 bits per heavy atom. The first kappa shape index (κ1) is 19.3. The summed E-state index contributed by atoms with van der Waals surface area (Å²) in [4.78, 5) is 0. The molecule has 0 saturated heterocycles. The topological polar surface area (TPSA) is 26.0 Å². The van der Waals surface area contributed by atoms with Crippen molar-refractivity contribution in [1.82, 2.24) is 0 Å². The third kappa shape index (κ3) is 2.63. The summed E-state index contributed by atoms with van der Waals surface area (Å²) in [6.07, 6.45) is 5.05. The van der Waals surface area contributed by atoms with Crippen molar-refractivity contribution in [3.05, 3.63) is 106 Å². The lowest BCUT2D eigenvalue weighted by molar-refractivity contribution is 0.412. The van der Waals surface area contributed by atoms with E-state index in [2.05, 4.69) is 80.6 Å². The summed E-state index contributed by atoms with van der Waals surface area (Å²) in [7, 11) is 0. The molecule has 2 N–H and O–H groups in total. The molecule has 0 bridgehead atoms. The van der Waals surface area contributed by atoms with Crippen LogP contribution in [0.1, 0.15) is 65.6 Å². The van der Waals surface area contributed by atoms with Gasteiger partial charge >= 0.3 is 0 Å². The predicted octanol–water partition coefficient (Wildman–Crippen LogP) is 7.37. The zero-order valence-corrected chi connectivity index (χ0v) is 19.5. The highest BCUT2D eigenvalue weighted by molar-refractivity contribution is 5.89. The van der Waals surface area contributed by atoms with E-state index in [9.17, 15) is 0 Å². The van der Waals surface area contributed by atoms with Crippen LogP contribution in [0.15, 0.2) is 66.7 Å². The van der Waals surface area contributed by atoms with E-state index in [1.165, 1.54) is 72.3 Å². The Balaban J connectivity index is 1.29. The molecule has 0 unspecified atom stereocenters. The molecular weight excluding hydrogens is 398 g/mol. The molecule has 0 heterocycles. The van der Waals surface area contributed by atoms with Crippen LogP contribution in [0.3, 0.4) is 0 Å². The van der Waals surface area contributed by atoms with Crippen molar-refractivity contribution in [2.75, 3.05) is 0 Å². The second-order valence-electron chi connectivity index (χ2n) is 10.3. The van der Waals surface area contributed by atoms with Crippen LogP contribution in [-0.2, 0) is 24.8 Å². The van der Waals surface area contributed by atoms with Crippen LogP contribution >= 0.6 is 0 Å². The van der Waals surface area contributed by atoms with Gasteiger partial charge < -0.3 is 5.73 Å². The maximum atomic E-state index is 6.73. The molecule has 0 atom stereocenters. The number of fused-ring (bicyclic) bond motifs is 9. The van der Waals surface area contributed by atoms with Crippen LogP contribution in [0.4, 0.5) is 0 Å². The molecular formula is C32H29N. The number of hydrogen-bond donors (Lipinski definition) is 1. The molecule has 0 aromatic heterocycles. The zero-order chi connectivity index (χ0) is 22.3. The minimum absolute atomic E-state index is 0.220. The fourth-order valence-corrected chi connectivity index (χ4v) is 6.49. The Morgan fingerprint density at radius 2 is 1.00 bits per heavy atom. The van der Waals surface area contributed by atoms with Gasteiger partial charge in [-0.15, -0.1) is 0 Å². The lowest BCUT2D eigenvalue weighted by atomic mass is 9.84. The van der Waals surface area contributed by atoms with Gasteiger partial charge in [-0.05, 0) is 129 Å². The number of rotatable bonds is 3. The van der Waals surface area contributed by atoms with Crippen molar-refractivity contribution in [3.8, 4) is 33.4 Å². The van der Waals surface area contributed by atoms with Gasteiger partial charge in [0.2, 0.25) is 0 Å². The number of nitrogens with two attached hydrogens (primary N) is 1. The monoisotopic (exact) mass is 427 g/mol. The van der Waals surface area contributed by atoms with E-state index in [4.69, 9.17) is 5.73 Å². The SMILES string of the molecule is CCC(N)(CC)c1ccc2c(c1)Cc1cc3c(cc1-2)Cc1cc2c(cc1-3)Cc1ccccc1-2. The minimum Gasteiger partial charge on any atom is -0.321 e. The second-order valence-corrected chi connectivity index (χ2v) is 10.3. The van der Waals surface area contributed by atoms with Crippen LogP contribution in [0, 0.1) is 0 Å². The zero-order valence-electron chi connectivity index (χ0n) is 19.5. The quantitative estimate of drug-likeness (QED) is 0.313. The summed E-state index contributed by atoms with van der Waals surface area (Å²) < 4.78 is 0. The molecule has 7 rings (SSSR count). The summed E-state index contributed by atoms with van der Waals surface area (Å²) in [5, 5.41) is 0. The molecule has 0 aliphatic heterocycles. The van der Waals surface area contributed by atoms with Gasteiger partial charge in [0.05, 0.1) is 0 Å². The molecule has 4 aromatic rings. The van der Waals surface area contributed by atoms with Crippen LogP contribution < -0.4 is 5.73 Å². The van der Waals surface area contributed by atoms with Gasteiger partial charge in [0.25, 0.3) is 0 Å². The van der Waals surface area contributed by atoms with Gasteiger partial charge in [0.1, 0.15) is 0 Å². The first-order valence-electron chi connectivity index (χ1n) is 12.4. The average molecular weight is 428 g/mol. The van der Waals surface area contributed by atoms with Crippen molar-refractivity contribution < 1.29 is 0 Å². The normalized spacial score (nSPS) is 14.4. The van der Waals surface area contributed by atoms with Crippen molar-refractivity contribution in [2.45, 2.75) is 51.5 Å². The van der Waals surface area contributed by atoms with Gasteiger partial charge in [-0.25, -0.2) is 0 Å². The fraction of sp³-hybridized carbons (Fsp3) is 0.250. The van der Waals surface area contributed by atoms with Gasteiger partial charge in [-0.3, -0.25) is 0 Å². The molecule has 3 aliphatic carbocycles. The van der Waals surface area contributed by atoms with Crippen molar-refractivity contribution in [1.29, 1.82) is 0 Å². The summed E-state index contributed by atoms with van der Waals surface area (Å²) in [5.74, 6) is 0. The van der Waals surface area contributed by atoms with Crippen molar-refractivity contribution in [3.63, 3.8) is 0 Å². The summed E-state index contributed by atoms with van der Waals surface area (Å²) >= 11 is 0. The molecule has 1 nitrogen and oxygen atoms in total. The molecule has 0 saturated carbocycles. The Morgan fingerprint density at radius 1 is 0.545 bits per heavy atom. The Hall–Kier alpha value is -3.16. The van der Waals surface area contributed by atoms with E-state index in [0.29, 0.717) is 0 Å². The molecule has 1 heteroatoms. The molecule has 0 fully saturated rings. The van der Waals surface area contributed by atoms with Crippen LogP contribution in [-0.4, -0.2) is 0 Å².